The number of nitrogen functional groups attached to an aromatic ring is 2. The first-order valence-corrected chi connectivity index (χ1v) is 3.02. The summed E-state index contributed by atoms with van der Waals surface area (Å²) in [6.45, 7) is 3.59. The molecule has 0 aliphatic rings. The molecule has 0 saturated heterocycles. The van der Waals surface area contributed by atoms with Gasteiger partial charge in [-0.25, -0.2) is 0 Å². The van der Waals surface area contributed by atoms with Crippen LogP contribution < -0.4 is 11.5 Å². The van der Waals surface area contributed by atoms with Crippen LogP contribution in [0.1, 0.15) is 5.56 Å². The van der Waals surface area contributed by atoms with Crippen LogP contribution in [-0.2, 0) is 0 Å². The van der Waals surface area contributed by atoms with Crippen LogP contribution in [0.15, 0.2) is 24.8 Å². The summed E-state index contributed by atoms with van der Waals surface area (Å²) in [5.74, 6) is 0. The highest BCUT2D eigenvalue weighted by Crippen LogP contribution is 2.19. The molecule has 0 bridgehead atoms. The molecule has 1 aromatic carbocycles. The lowest BCUT2D eigenvalue weighted by atomic mass is 10.1. The lowest BCUT2D eigenvalue weighted by molar-refractivity contribution is 1.63. The summed E-state index contributed by atoms with van der Waals surface area (Å²) in [5, 5.41) is 0. The standard InChI is InChI=1S/C8H10N2/c1-2-6-7(9)4-3-5-8(6)10/h2-5H,1,9-10H2. The number of benzene rings is 1. The SMILES string of the molecule is C=Cc1c(N)cccc1N. The molecule has 1 rings (SSSR count). The van der Waals surface area contributed by atoms with Crippen molar-refractivity contribution in [3.8, 4) is 0 Å². The van der Waals surface area contributed by atoms with Gasteiger partial charge in [-0.1, -0.05) is 18.7 Å². The number of anilines is 2. The van der Waals surface area contributed by atoms with Gasteiger partial charge >= 0.3 is 0 Å². The van der Waals surface area contributed by atoms with Crippen LogP contribution in [0.3, 0.4) is 0 Å². The Hall–Kier alpha value is -1.44. The summed E-state index contributed by atoms with van der Waals surface area (Å²) in [6.07, 6.45) is 1.66. The molecule has 0 aliphatic heterocycles. The predicted octanol–water partition coefficient (Wildman–Crippen LogP) is 1.49. The van der Waals surface area contributed by atoms with E-state index in [1.54, 1.807) is 18.2 Å². The lowest BCUT2D eigenvalue weighted by Gasteiger charge is -2.01. The molecule has 52 valence electrons. The number of rotatable bonds is 1. The summed E-state index contributed by atoms with van der Waals surface area (Å²) in [7, 11) is 0. The molecule has 0 spiro atoms. The van der Waals surface area contributed by atoms with Gasteiger partial charge in [0.25, 0.3) is 0 Å². The maximum atomic E-state index is 5.58. The van der Waals surface area contributed by atoms with Crippen molar-refractivity contribution in [2.75, 3.05) is 11.5 Å². The van der Waals surface area contributed by atoms with Crippen LogP contribution in [0.25, 0.3) is 6.08 Å². The van der Waals surface area contributed by atoms with E-state index in [1.165, 1.54) is 0 Å². The van der Waals surface area contributed by atoms with Crippen molar-refractivity contribution in [3.05, 3.63) is 30.3 Å². The molecule has 4 N–H and O–H groups in total. The van der Waals surface area contributed by atoms with E-state index in [4.69, 9.17) is 11.5 Å². The van der Waals surface area contributed by atoms with E-state index >= 15 is 0 Å². The van der Waals surface area contributed by atoms with Crippen molar-refractivity contribution in [1.29, 1.82) is 0 Å². The van der Waals surface area contributed by atoms with Crippen molar-refractivity contribution < 1.29 is 0 Å². The zero-order chi connectivity index (χ0) is 7.56. The van der Waals surface area contributed by atoms with Gasteiger partial charge in [0.15, 0.2) is 0 Å². The molecule has 1 aromatic rings. The number of nitrogens with two attached hydrogens (primary N) is 2. The number of hydrogen-bond acceptors (Lipinski definition) is 2. The summed E-state index contributed by atoms with van der Waals surface area (Å²) < 4.78 is 0. The van der Waals surface area contributed by atoms with Crippen LogP contribution in [0.5, 0.6) is 0 Å². The third-order valence-corrected chi connectivity index (χ3v) is 1.38. The molecule has 2 nitrogen and oxygen atoms in total. The monoisotopic (exact) mass is 134 g/mol. The molecule has 0 unspecified atom stereocenters. The average Bonchev–Trinajstić information content (AvgIpc) is 1.88. The number of hydrogen-bond donors (Lipinski definition) is 2. The van der Waals surface area contributed by atoms with E-state index in [2.05, 4.69) is 6.58 Å². The van der Waals surface area contributed by atoms with Gasteiger partial charge < -0.3 is 11.5 Å². The molecule has 0 heterocycles. The van der Waals surface area contributed by atoms with Crippen molar-refractivity contribution in [2.24, 2.45) is 0 Å². The Morgan fingerprint density at radius 3 is 2.00 bits per heavy atom. The Labute approximate surface area is 60.2 Å². The van der Waals surface area contributed by atoms with Crippen molar-refractivity contribution in [3.63, 3.8) is 0 Å². The van der Waals surface area contributed by atoms with E-state index in [9.17, 15) is 0 Å². The van der Waals surface area contributed by atoms with Crippen LogP contribution in [-0.4, -0.2) is 0 Å². The van der Waals surface area contributed by atoms with Crippen molar-refractivity contribution in [1.82, 2.24) is 0 Å². The van der Waals surface area contributed by atoms with Crippen molar-refractivity contribution >= 4 is 17.5 Å². The first-order chi connectivity index (χ1) is 4.75. The van der Waals surface area contributed by atoms with E-state index in [1.807, 2.05) is 6.07 Å². The zero-order valence-corrected chi connectivity index (χ0v) is 5.67. The van der Waals surface area contributed by atoms with E-state index in [0.29, 0.717) is 11.4 Å². The minimum Gasteiger partial charge on any atom is -0.398 e. The molecular formula is C8H10N2. The van der Waals surface area contributed by atoms with Gasteiger partial charge in [0.1, 0.15) is 0 Å². The van der Waals surface area contributed by atoms with Crippen LogP contribution in [0, 0.1) is 0 Å². The van der Waals surface area contributed by atoms with E-state index in [0.717, 1.165) is 5.56 Å². The minimum atomic E-state index is 0.676. The van der Waals surface area contributed by atoms with Gasteiger partial charge in [-0.3, -0.25) is 0 Å². The van der Waals surface area contributed by atoms with Gasteiger partial charge in [0.05, 0.1) is 0 Å². The molecule has 0 fully saturated rings. The summed E-state index contributed by atoms with van der Waals surface area (Å²) in [5.41, 5.74) is 13.3. The second-order valence-corrected chi connectivity index (χ2v) is 2.05. The fourth-order valence-electron chi connectivity index (χ4n) is 0.837. The maximum Gasteiger partial charge on any atom is 0.0408 e. The molecule has 0 atom stereocenters. The Morgan fingerprint density at radius 1 is 1.20 bits per heavy atom. The third kappa shape index (κ3) is 0.957. The predicted molar refractivity (Wildman–Crippen MR) is 45.4 cm³/mol. The first kappa shape index (κ1) is 6.68. The van der Waals surface area contributed by atoms with Gasteiger partial charge in [0.2, 0.25) is 0 Å². The van der Waals surface area contributed by atoms with E-state index in [-0.39, 0.29) is 0 Å². The maximum absolute atomic E-state index is 5.58. The van der Waals surface area contributed by atoms with Crippen molar-refractivity contribution in [2.45, 2.75) is 0 Å². The molecule has 2 heteroatoms. The third-order valence-electron chi connectivity index (χ3n) is 1.38. The highest BCUT2D eigenvalue weighted by Gasteiger charge is 1.95. The highest BCUT2D eigenvalue weighted by molar-refractivity contribution is 5.74. The minimum absolute atomic E-state index is 0.676. The smallest absolute Gasteiger partial charge is 0.0408 e. The first-order valence-electron chi connectivity index (χ1n) is 3.02. The zero-order valence-electron chi connectivity index (χ0n) is 5.67. The van der Waals surface area contributed by atoms with Gasteiger partial charge in [-0.2, -0.15) is 0 Å². The Morgan fingerprint density at radius 2 is 1.70 bits per heavy atom. The fourth-order valence-corrected chi connectivity index (χ4v) is 0.837. The Kier molecular flexibility index (Phi) is 1.63. The molecule has 0 radical (unpaired) electrons. The van der Waals surface area contributed by atoms with Crippen LogP contribution >= 0.6 is 0 Å². The Balaban J connectivity index is 3.30. The second-order valence-electron chi connectivity index (χ2n) is 2.05. The van der Waals surface area contributed by atoms with Crippen LogP contribution in [0.4, 0.5) is 11.4 Å². The topological polar surface area (TPSA) is 52.0 Å². The molecule has 0 amide bonds. The van der Waals surface area contributed by atoms with Crippen LogP contribution in [0.2, 0.25) is 0 Å². The molecule has 10 heavy (non-hydrogen) atoms. The fraction of sp³-hybridized carbons (Fsp3) is 0. The highest BCUT2D eigenvalue weighted by atomic mass is 14.6. The molecular weight excluding hydrogens is 124 g/mol. The normalized spacial score (nSPS) is 9.20. The summed E-state index contributed by atoms with van der Waals surface area (Å²) in [4.78, 5) is 0. The summed E-state index contributed by atoms with van der Waals surface area (Å²) >= 11 is 0. The summed E-state index contributed by atoms with van der Waals surface area (Å²) in [6, 6.07) is 5.42. The van der Waals surface area contributed by atoms with E-state index < -0.39 is 0 Å². The second kappa shape index (κ2) is 2.43. The van der Waals surface area contributed by atoms with Gasteiger partial charge in [0, 0.05) is 16.9 Å². The Bertz CT molecular complexity index is 233. The van der Waals surface area contributed by atoms with Gasteiger partial charge in [-0.15, -0.1) is 0 Å². The molecule has 0 saturated carbocycles. The quantitative estimate of drug-likeness (QED) is 0.572. The molecule has 0 aromatic heterocycles. The largest absolute Gasteiger partial charge is 0.398 e. The average molecular weight is 134 g/mol. The molecule has 0 aliphatic carbocycles. The lowest BCUT2D eigenvalue weighted by Crippen LogP contribution is -1.94. The van der Waals surface area contributed by atoms with Gasteiger partial charge in [-0.05, 0) is 12.1 Å².